The van der Waals surface area contributed by atoms with Crippen molar-refractivity contribution in [1.82, 2.24) is 15.1 Å². The van der Waals surface area contributed by atoms with E-state index in [0.29, 0.717) is 24.4 Å². The Morgan fingerprint density at radius 2 is 1.97 bits per heavy atom. The summed E-state index contributed by atoms with van der Waals surface area (Å²) in [7, 11) is 0. The number of nitrogens with zero attached hydrogens (tertiary/aromatic N) is 2. The Bertz CT molecular complexity index is 760. The largest absolute Gasteiger partial charge is 0.373 e. The van der Waals surface area contributed by atoms with Crippen LogP contribution in [0.4, 0.5) is 0 Å². The molecule has 4 aliphatic rings. The van der Waals surface area contributed by atoms with Gasteiger partial charge >= 0.3 is 0 Å². The van der Waals surface area contributed by atoms with Crippen molar-refractivity contribution in [2.24, 2.45) is 0 Å². The van der Waals surface area contributed by atoms with Crippen LogP contribution in [0, 0.1) is 0 Å². The molecule has 3 aliphatic heterocycles. The molecule has 1 saturated carbocycles. The standard InChI is InChI=1S/C23H31N3O3/c27-21-7-4-10-26(21)15-22(28)25-11-8-23(9-12-25)14-18(16-29-23)24-20-13-19(20)17-5-2-1-3-6-17/h1-3,5-6,18-20,24H,4,7-16H2/t18?,19-,20+/m0/s1. The number of likely N-dealkylation sites (tertiary alicyclic amines) is 2. The fraction of sp³-hybridized carbons (Fsp3) is 0.652. The highest BCUT2D eigenvalue weighted by Gasteiger charge is 2.46. The van der Waals surface area contributed by atoms with Crippen LogP contribution < -0.4 is 5.32 Å². The highest BCUT2D eigenvalue weighted by Crippen LogP contribution is 2.43. The molecule has 0 radical (unpaired) electrons. The number of carbonyl (C=O) groups is 2. The molecular weight excluding hydrogens is 366 g/mol. The van der Waals surface area contributed by atoms with Gasteiger partial charge in [-0.3, -0.25) is 9.59 Å². The number of piperidine rings is 1. The van der Waals surface area contributed by atoms with Gasteiger partial charge in [0.2, 0.25) is 11.8 Å². The van der Waals surface area contributed by atoms with E-state index in [2.05, 4.69) is 35.6 Å². The number of amides is 2. The van der Waals surface area contributed by atoms with Crippen molar-refractivity contribution in [2.45, 2.75) is 62.1 Å². The van der Waals surface area contributed by atoms with Gasteiger partial charge in [-0.15, -0.1) is 0 Å². The molecule has 2 amide bonds. The van der Waals surface area contributed by atoms with Gasteiger partial charge in [0.05, 0.1) is 18.8 Å². The van der Waals surface area contributed by atoms with Crippen LogP contribution >= 0.6 is 0 Å². The average Bonchev–Trinajstić information content (AvgIpc) is 3.23. The van der Waals surface area contributed by atoms with Gasteiger partial charge in [-0.1, -0.05) is 30.3 Å². The first-order valence-corrected chi connectivity index (χ1v) is 11.1. The first-order chi connectivity index (χ1) is 14.1. The van der Waals surface area contributed by atoms with Gasteiger partial charge in [-0.05, 0) is 37.7 Å². The predicted molar refractivity (Wildman–Crippen MR) is 109 cm³/mol. The molecule has 156 valence electrons. The second kappa shape index (κ2) is 7.73. The van der Waals surface area contributed by atoms with Gasteiger partial charge in [0.1, 0.15) is 0 Å². The molecule has 1 aromatic carbocycles. The summed E-state index contributed by atoms with van der Waals surface area (Å²) < 4.78 is 6.28. The van der Waals surface area contributed by atoms with E-state index in [1.54, 1.807) is 4.90 Å². The maximum Gasteiger partial charge on any atom is 0.242 e. The maximum atomic E-state index is 12.6. The lowest BCUT2D eigenvalue weighted by Crippen LogP contribution is -2.49. The molecular formula is C23H31N3O3. The first-order valence-electron chi connectivity index (χ1n) is 11.1. The van der Waals surface area contributed by atoms with Crippen molar-refractivity contribution in [2.75, 3.05) is 32.8 Å². The van der Waals surface area contributed by atoms with Crippen LogP contribution in [-0.2, 0) is 14.3 Å². The number of hydrogen-bond acceptors (Lipinski definition) is 4. The zero-order valence-electron chi connectivity index (χ0n) is 17.0. The molecule has 6 heteroatoms. The molecule has 1 spiro atoms. The molecule has 3 saturated heterocycles. The molecule has 3 heterocycles. The van der Waals surface area contributed by atoms with Gasteiger partial charge in [0, 0.05) is 44.1 Å². The molecule has 0 aromatic heterocycles. The Balaban J connectivity index is 1.08. The third-order valence-corrected chi connectivity index (χ3v) is 7.20. The molecule has 3 atom stereocenters. The minimum Gasteiger partial charge on any atom is -0.373 e. The van der Waals surface area contributed by atoms with E-state index in [9.17, 15) is 9.59 Å². The Hall–Kier alpha value is -1.92. The van der Waals surface area contributed by atoms with Gasteiger partial charge in [-0.25, -0.2) is 0 Å². The van der Waals surface area contributed by atoms with Crippen LogP contribution in [-0.4, -0.2) is 72.1 Å². The van der Waals surface area contributed by atoms with E-state index >= 15 is 0 Å². The van der Waals surface area contributed by atoms with Gasteiger partial charge in [-0.2, -0.15) is 0 Å². The second-order valence-electron chi connectivity index (χ2n) is 9.22. The van der Waals surface area contributed by atoms with Crippen LogP contribution in [0.25, 0.3) is 0 Å². The maximum absolute atomic E-state index is 12.6. The summed E-state index contributed by atoms with van der Waals surface area (Å²) in [4.78, 5) is 28.0. The fourth-order valence-electron chi connectivity index (χ4n) is 5.35. The zero-order chi connectivity index (χ0) is 19.8. The first kappa shape index (κ1) is 19.1. The third-order valence-electron chi connectivity index (χ3n) is 7.20. The smallest absolute Gasteiger partial charge is 0.242 e. The number of nitrogens with one attached hydrogen (secondary N) is 1. The zero-order valence-corrected chi connectivity index (χ0v) is 17.0. The van der Waals surface area contributed by atoms with Crippen molar-refractivity contribution in [1.29, 1.82) is 0 Å². The third kappa shape index (κ3) is 4.05. The monoisotopic (exact) mass is 397 g/mol. The van der Waals surface area contributed by atoms with Crippen LogP contribution in [0.5, 0.6) is 0 Å². The summed E-state index contributed by atoms with van der Waals surface area (Å²) in [5.74, 6) is 0.848. The van der Waals surface area contributed by atoms with Crippen molar-refractivity contribution in [3.05, 3.63) is 35.9 Å². The van der Waals surface area contributed by atoms with Crippen LogP contribution in [0.15, 0.2) is 30.3 Å². The van der Waals surface area contributed by atoms with Crippen molar-refractivity contribution in [3.63, 3.8) is 0 Å². The van der Waals surface area contributed by atoms with Gasteiger partial charge < -0.3 is 19.9 Å². The lowest BCUT2D eigenvalue weighted by molar-refractivity contribution is -0.141. The fourth-order valence-corrected chi connectivity index (χ4v) is 5.35. The minimum atomic E-state index is -0.0744. The van der Waals surface area contributed by atoms with E-state index < -0.39 is 0 Å². The lowest BCUT2D eigenvalue weighted by Gasteiger charge is -2.39. The highest BCUT2D eigenvalue weighted by atomic mass is 16.5. The highest BCUT2D eigenvalue weighted by molar-refractivity contribution is 5.85. The van der Waals surface area contributed by atoms with E-state index in [1.807, 2.05) is 4.90 Å². The Labute approximate surface area is 172 Å². The van der Waals surface area contributed by atoms with Crippen LogP contribution in [0.2, 0.25) is 0 Å². The molecule has 29 heavy (non-hydrogen) atoms. The number of benzene rings is 1. The summed E-state index contributed by atoms with van der Waals surface area (Å²) in [5, 5.41) is 3.81. The van der Waals surface area contributed by atoms with Crippen LogP contribution in [0.3, 0.4) is 0 Å². The number of rotatable bonds is 5. The number of ether oxygens (including phenoxy) is 1. The van der Waals surface area contributed by atoms with Crippen molar-refractivity contribution < 1.29 is 14.3 Å². The molecule has 1 unspecified atom stereocenters. The lowest BCUT2D eigenvalue weighted by atomic mass is 9.87. The minimum absolute atomic E-state index is 0.0744. The van der Waals surface area contributed by atoms with Crippen LogP contribution in [0.1, 0.15) is 50.0 Å². The summed E-state index contributed by atoms with van der Waals surface area (Å²) in [6.45, 7) is 3.23. The average molecular weight is 398 g/mol. The second-order valence-corrected chi connectivity index (χ2v) is 9.22. The van der Waals surface area contributed by atoms with Crippen molar-refractivity contribution >= 4 is 11.8 Å². The van der Waals surface area contributed by atoms with Gasteiger partial charge in [0.15, 0.2) is 0 Å². The SMILES string of the molecule is O=C(CN1CCCC1=O)N1CCC2(CC1)CC(N[C@@H]1C[C@H]1c1ccccc1)CO2. The summed E-state index contributed by atoms with van der Waals surface area (Å²) in [6.07, 6.45) is 5.52. The Kier molecular flexibility index (Phi) is 5.08. The summed E-state index contributed by atoms with van der Waals surface area (Å²) >= 11 is 0. The number of carbonyl (C=O) groups excluding carboxylic acids is 2. The Morgan fingerprint density at radius 3 is 2.69 bits per heavy atom. The molecule has 6 nitrogen and oxygen atoms in total. The normalized spacial score (nSPS) is 30.9. The predicted octanol–water partition coefficient (Wildman–Crippen LogP) is 1.90. The van der Waals surface area contributed by atoms with E-state index in [4.69, 9.17) is 4.74 Å². The molecule has 1 N–H and O–H groups in total. The molecule has 0 bridgehead atoms. The molecule has 1 aliphatic carbocycles. The van der Waals surface area contributed by atoms with E-state index in [1.165, 1.54) is 12.0 Å². The molecule has 4 fully saturated rings. The summed E-state index contributed by atoms with van der Waals surface area (Å²) in [6, 6.07) is 11.7. The number of hydrogen-bond donors (Lipinski definition) is 1. The van der Waals surface area contributed by atoms with E-state index in [-0.39, 0.29) is 24.0 Å². The topological polar surface area (TPSA) is 61.9 Å². The Morgan fingerprint density at radius 1 is 1.17 bits per heavy atom. The van der Waals surface area contributed by atoms with Gasteiger partial charge in [0.25, 0.3) is 0 Å². The summed E-state index contributed by atoms with van der Waals surface area (Å²) in [5.41, 5.74) is 1.36. The molecule has 1 aromatic rings. The van der Waals surface area contributed by atoms with E-state index in [0.717, 1.165) is 51.9 Å². The van der Waals surface area contributed by atoms with Crippen molar-refractivity contribution in [3.8, 4) is 0 Å². The molecule has 5 rings (SSSR count). The quantitative estimate of drug-likeness (QED) is 0.825.